The van der Waals surface area contributed by atoms with E-state index < -0.39 is 0 Å². The largest absolute Gasteiger partial charge is 0.330 e. The van der Waals surface area contributed by atoms with Gasteiger partial charge in [-0.3, -0.25) is 4.79 Å². The number of halogens is 1. The van der Waals surface area contributed by atoms with Crippen LogP contribution in [0.25, 0.3) is 0 Å². The van der Waals surface area contributed by atoms with Gasteiger partial charge in [0, 0.05) is 0 Å². The molecule has 5 heteroatoms. The molecule has 2 rings (SSSR count). The minimum Gasteiger partial charge on any atom is -0.330 e. The van der Waals surface area contributed by atoms with Crippen LogP contribution in [0.4, 0.5) is 10.1 Å². The predicted molar refractivity (Wildman–Crippen MR) is 73.4 cm³/mol. The molecule has 102 valence electrons. The number of hydrogen-bond donors (Lipinski definition) is 1. The molecule has 0 aromatic heterocycles. The van der Waals surface area contributed by atoms with Gasteiger partial charge in [-0.15, -0.1) is 0 Å². The van der Waals surface area contributed by atoms with E-state index in [0.717, 1.165) is 12.1 Å². The molecule has 0 saturated heterocycles. The third-order valence-electron chi connectivity index (χ3n) is 3.25. The Labute approximate surface area is 112 Å². The van der Waals surface area contributed by atoms with Crippen molar-refractivity contribution in [2.75, 3.05) is 11.6 Å². The first kappa shape index (κ1) is 13.7. The summed E-state index contributed by atoms with van der Waals surface area (Å²) in [6.45, 7) is 2.53. The summed E-state index contributed by atoms with van der Waals surface area (Å²) in [6.07, 6.45) is 2.20. The van der Waals surface area contributed by atoms with Crippen LogP contribution in [0.2, 0.25) is 0 Å². The molecule has 2 N–H and O–H groups in total. The van der Waals surface area contributed by atoms with Crippen LogP contribution in [0.1, 0.15) is 26.2 Å². The molecule has 1 aromatic carbocycles. The number of nitrogens with zero attached hydrogens (tertiary/aromatic N) is 2. The summed E-state index contributed by atoms with van der Waals surface area (Å²) >= 11 is 0. The van der Waals surface area contributed by atoms with Gasteiger partial charge in [0.1, 0.15) is 5.82 Å². The summed E-state index contributed by atoms with van der Waals surface area (Å²) in [7, 11) is 0. The van der Waals surface area contributed by atoms with E-state index >= 15 is 0 Å². The van der Waals surface area contributed by atoms with Crippen LogP contribution in [0.5, 0.6) is 0 Å². The number of hydrazone groups is 1. The van der Waals surface area contributed by atoms with Gasteiger partial charge in [-0.2, -0.15) is 5.10 Å². The summed E-state index contributed by atoms with van der Waals surface area (Å²) < 4.78 is 13.2. The highest BCUT2D eigenvalue weighted by atomic mass is 19.1. The van der Waals surface area contributed by atoms with E-state index in [0.29, 0.717) is 25.1 Å². The van der Waals surface area contributed by atoms with Gasteiger partial charge in [-0.25, -0.2) is 9.40 Å². The van der Waals surface area contributed by atoms with Crippen molar-refractivity contribution < 1.29 is 9.18 Å². The lowest BCUT2D eigenvalue weighted by atomic mass is 9.96. The molecule has 1 amide bonds. The molecule has 1 atom stereocenters. The van der Waals surface area contributed by atoms with Crippen molar-refractivity contribution in [1.29, 1.82) is 0 Å². The van der Waals surface area contributed by atoms with E-state index in [2.05, 4.69) is 5.10 Å². The Morgan fingerprint density at radius 1 is 1.47 bits per heavy atom. The normalized spacial score (nSPS) is 18.9. The Morgan fingerprint density at radius 3 is 2.89 bits per heavy atom. The maximum atomic E-state index is 13.2. The Hall–Kier alpha value is -1.75. The second-order valence-corrected chi connectivity index (χ2v) is 4.56. The van der Waals surface area contributed by atoms with Gasteiger partial charge in [0.25, 0.3) is 5.91 Å². The zero-order valence-corrected chi connectivity index (χ0v) is 11.0. The lowest BCUT2D eigenvalue weighted by Gasteiger charge is -2.14. The molecule has 0 fully saturated rings. The molecular formula is C14H18FN3O. The summed E-state index contributed by atoms with van der Waals surface area (Å²) in [4.78, 5) is 12.3. The summed E-state index contributed by atoms with van der Waals surface area (Å²) in [5.74, 6) is -0.670. The third kappa shape index (κ3) is 2.81. The number of carbonyl (C=O) groups excluding carboxylic acids is 1. The SMILES string of the molecule is CCC1=NN(c2cccc(F)c2)C(=O)C1CCCN. The Balaban J connectivity index is 2.24. The minimum atomic E-state index is -0.371. The van der Waals surface area contributed by atoms with Crippen LogP contribution < -0.4 is 10.7 Å². The molecule has 0 bridgehead atoms. The van der Waals surface area contributed by atoms with Gasteiger partial charge in [0.05, 0.1) is 17.3 Å². The monoisotopic (exact) mass is 263 g/mol. The number of anilines is 1. The zero-order chi connectivity index (χ0) is 13.8. The molecule has 1 heterocycles. The maximum absolute atomic E-state index is 13.2. The van der Waals surface area contributed by atoms with Crippen LogP contribution in [0.15, 0.2) is 29.4 Å². The standard InChI is InChI=1S/C14H18FN3O/c1-2-13-12(7-4-8-16)14(19)18(17-13)11-6-3-5-10(15)9-11/h3,5-6,9,12H,2,4,7-8,16H2,1H3. The molecule has 19 heavy (non-hydrogen) atoms. The van der Waals surface area contributed by atoms with Gasteiger partial charge in [-0.1, -0.05) is 13.0 Å². The Bertz CT molecular complexity index is 501. The van der Waals surface area contributed by atoms with Gasteiger partial charge in [-0.05, 0) is 44.0 Å². The van der Waals surface area contributed by atoms with Gasteiger partial charge in [0.2, 0.25) is 0 Å². The molecule has 1 unspecified atom stereocenters. The number of hydrogen-bond acceptors (Lipinski definition) is 3. The molecular weight excluding hydrogens is 245 g/mol. The number of amides is 1. The van der Waals surface area contributed by atoms with Crippen molar-refractivity contribution in [2.45, 2.75) is 26.2 Å². The zero-order valence-electron chi connectivity index (χ0n) is 11.0. The Morgan fingerprint density at radius 2 is 2.26 bits per heavy atom. The quantitative estimate of drug-likeness (QED) is 0.886. The average Bonchev–Trinajstić information content (AvgIpc) is 2.73. The fourth-order valence-electron chi connectivity index (χ4n) is 2.26. The molecule has 0 spiro atoms. The van der Waals surface area contributed by atoms with Crippen molar-refractivity contribution in [3.8, 4) is 0 Å². The number of carbonyl (C=O) groups is 1. The molecule has 1 aliphatic heterocycles. The van der Waals surface area contributed by atoms with E-state index in [4.69, 9.17) is 5.73 Å². The first-order valence-corrected chi connectivity index (χ1v) is 6.54. The van der Waals surface area contributed by atoms with Crippen LogP contribution in [-0.4, -0.2) is 18.2 Å². The number of benzene rings is 1. The number of nitrogens with two attached hydrogens (primary N) is 1. The van der Waals surface area contributed by atoms with E-state index in [1.165, 1.54) is 17.1 Å². The lowest BCUT2D eigenvalue weighted by molar-refractivity contribution is -0.119. The van der Waals surface area contributed by atoms with Crippen molar-refractivity contribution >= 4 is 17.3 Å². The van der Waals surface area contributed by atoms with Crippen molar-refractivity contribution in [3.05, 3.63) is 30.1 Å². The first-order valence-electron chi connectivity index (χ1n) is 6.54. The third-order valence-corrected chi connectivity index (χ3v) is 3.25. The van der Waals surface area contributed by atoms with Gasteiger partial charge in [0.15, 0.2) is 0 Å². The van der Waals surface area contributed by atoms with E-state index in [1.807, 2.05) is 6.92 Å². The highest BCUT2D eigenvalue weighted by Crippen LogP contribution is 2.27. The average molecular weight is 263 g/mol. The topological polar surface area (TPSA) is 58.7 Å². The van der Waals surface area contributed by atoms with Crippen LogP contribution in [-0.2, 0) is 4.79 Å². The summed E-state index contributed by atoms with van der Waals surface area (Å²) in [6, 6.07) is 5.93. The smallest absolute Gasteiger partial charge is 0.256 e. The number of rotatable bonds is 5. The fourth-order valence-corrected chi connectivity index (χ4v) is 2.26. The summed E-state index contributed by atoms with van der Waals surface area (Å²) in [5.41, 5.74) is 6.82. The van der Waals surface area contributed by atoms with Crippen LogP contribution >= 0.6 is 0 Å². The van der Waals surface area contributed by atoms with Gasteiger partial charge < -0.3 is 5.73 Å². The minimum absolute atomic E-state index is 0.0871. The lowest BCUT2D eigenvalue weighted by Crippen LogP contribution is -2.27. The molecule has 0 aliphatic carbocycles. The molecule has 0 radical (unpaired) electrons. The second-order valence-electron chi connectivity index (χ2n) is 4.56. The van der Waals surface area contributed by atoms with Crippen molar-refractivity contribution in [1.82, 2.24) is 0 Å². The predicted octanol–water partition coefficient (Wildman–Crippen LogP) is 2.29. The Kier molecular flexibility index (Phi) is 4.27. The van der Waals surface area contributed by atoms with Gasteiger partial charge >= 0.3 is 0 Å². The van der Waals surface area contributed by atoms with Crippen molar-refractivity contribution in [3.63, 3.8) is 0 Å². The van der Waals surface area contributed by atoms with E-state index in [1.54, 1.807) is 12.1 Å². The molecule has 4 nitrogen and oxygen atoms in total. The summed E-state index contributed by atoms with van der Waals surface area (Å²) in [5, 5.41) is 5.63. The molecule has 1 aliphatic rings. The molecule has 1 aromatic rings. The second kappa shape index (κ2) is 5.93. The highest BCUT2D eigenvalue weighted by Gasteiger charge is 2.35. The van der Waals surface area contributed by atoms with Crippen molar-refractivity contribution in [2.24, 2.45) is 16.8 Å². The fraction of sp³-hybridized carbons (Fsp3) is 0.429. The molecule has 0 saturated carbocycles. The first-order chi connectivity index (χ1) is 9.17. The van der Waals surface area contributed by atoms with E-state index in [-0.39, 0.29) is 17.6 Å². The van der Waals surface area contributed by atoms with Crippen LogP contribution in [0.3, 0.4) is 0 Å². The maximum Gasteiger partial charge on any atom is 0.256 e. The highest BCUT2D eigenvalue weighted by molar-refractivity contribution is 6.15. The van der Waals surface area contributed by atoms with Crippen LogP contribution in [0, 0.1) is 11.7 Å². The van der Waals surface area contributed by atoms with E-state index in [9.17, 15) is 9.18 Å².